The molecule has 1 atom stereocenters. The molecule has 0 aromatic carbocycles. The van der Waals surface area contributed by atoms with Gasteiger partial charge in [0.25, 0.3) is 0 Å². The molecule has 0 amide bonds. The van der Waals surface area contributed by atoms with E-state index in [1.807, 2.05) is 8.09 Å². The lowest BCUT2D eigenvalue weighted by Crippen LogP contribution is -1.93. The first-order chi connectivity index (χ1) is 4.72. The molecular weight excluding hydrogens is 286 g/mol. The van der Waals surface area contributed by atoms with Crippen LogP contribution in [0, 0.1) is 0 Å². The molecule has 0 spiro atoms. The molecule has 0 aromatic rings. The van der Waals surface area contributed by atoms with E-state index in [9.17, 15) is 4.21 Å². The Morgan fingerprint density at radius 1 is 1.70 bits per heavy atom. The van der Waals surface area contributed by atoms with Crippen LogP contribution >= 0.6 is 32.3 Å². The molecular formula is C5H4ClIO2S. The summed E-state index contributed by atoms with van der Waals surface area (Å²) in [6, 6.07) is 0. The standard InChI is InChI=1S/C5H4ClIO2S/c6-4-3-7-2-1-5(4)10(8)9/h1-3H,(H,8,9). The molecule has 56 valence electrons. The molecule has 0 radical (unpaired) electrons. The minimum atomic E-state index is -1.93. The van der Waals surface area contributed by atoms with E-state index in [-0.39, 0.29) is 20.7 Å². The molecule has 1 aliphatic rings. The van der Waals surface area contributed by atoms with Crippen LogP contribution in [0.4, 0.5) is 0 Å². The number of allylic oxidation sites excluding steroid dienone is 2. The fourth-order valence-electron chi connectivity index (χ4n) is 0.460. The summed E-state index contributed by atoms with van der Waals surface area (Å²) in [4.78, 5) is 0.313. The molecule has 1 N–H and O–H groups in total. The lowest BCUT2D eigenvalue weighted by Gasteiger charge is -1.99. The van der Waals surface area contributed by atoms with E-state index in [0.717, 1.165) is 0 Å². The number of halogens is 2. The SMILES string of the molecule is O=S(O)C1=C(Cl)C=IC=C1. The van der Waals surface area contributed by atoms with Gasteiger partial charge < -0.3 is 4.55 Å². The van der Waals surface area contributed by atoms with Crippen LogP contribution < -0.4 is 0 Å². The van der Waals surface area contributed by atoms with Gasteiger partial charge in [0.15, 0.2) is 11.1 Å². The molecule has 1 rings (SSSR count). The second kappa shape index (κ2) is 3.75. The van der Waals surface area contributed by atoms with Gasteiger partial charge in [-0.2, -0.15) is 0 Å². The van der Waals surface area contributed by atoms with Gasteiger partial charge in [-0.05, 0) is 14.2 Å². The molecule has 2 nitrogen and oxygen atoms in total. The number of rotatable bonds is 1. The minimum Gasteiger partial charge on any atom is -0.302 e. The van der Waals surface area contributed by atoms with Gasteiger partial charge in [0.1, 0.15) is 0 Å². The van der Waals surface area contributed by atoms with Gasteiger partial charge in [0.05, 0.1) is 9.94 Å². The van der Waals surface area contributed by atoms with E-state index in [1.165, 1.54) is 0 Å². The fraction of sp³-hybridized carbons (Fsp3) is 0. The van der Waals surface area contributed by atoms with Crippen molar-refractivity contribution in [3.05, 3.63) is 20.1 Å². The lowest BCUT2D eigenvalue weighted by atomic mass is 10.5. The lowest BCUT2D eigenvalue weighted by molar-refractivity contribution is 0.572. The Kier molecular flexibility index (Phi) is 3.22. The highest BCUT2D eigenvalue weighted by atomic mass is 127. The summed E-state index contributed by atoms with van der Waals surface area (Å²) in [5.41, 5.74) is 0. The van der Waals surface area contributed by atoms with Crippen LogP contribution in [-0.2, 0) is 11.1 Å². The van der Waals surface area contributed by atoms with Gasteiger partial charge >= 0.3 is 0 Å². The van der Waals surface area contributed by atoms with Crippen LogP contribution in [-0.4, -0.2) is 12.8 Å². The number of hydrogen-bond acceptors (Lipinski definition) is 1. The topological polar surface area (TPSA) is 37.3 Å². The molecule has 0 fully saturated rings. The third-order valence-electron chi connectivity index (χ3n) is 0.869. The van der Waals surface area contributed by atoms with Crippen LogP contribution in [0.2, 0.25) is 0 Å². The first-order valence-electron chi connectivity index (χ1n) is 2.34. The summed E-state index contributed by atoms with van der Waals surface area (Å²) < 4.78 is 22.8. The fourth-order valence-corrected chi connectivity index (χ4v) is 3.33. The van der Waals surface area contributed by atoms with E-state index in [1.54, 1.807) is 6.08 Å². The van der Waals surface area contributed by atoms with E-state index < -0.39 is 11.1 Å². The van der Waals surface area contributed by atoms with Crippen molar-refractivity contribution in [3.8, 4) is 0 Å². The summed E-state index contributed by atoms with van der Waals surface area (Å²) in [7, 11) is 0. The average molecular weight is 291 g/mol. The molecule has 1 heterocycles. The first-order valence-corrected chi connectivity index (χ1v) is 6.32. The van der Waals surface area contributed by atoms with E-state index in [0.29, 0.717) is 9.94 Å². The zero-order valence-electron chi connectivity index (χ0n) is 4.75. The Balaban J connectivity index is 3.04. The highest BCUT2D eigenvalue weighted by Gasteiger charge is 2.06. The largest absolute Gasteiger partial charge is 0.302 e. The van der Waals surface area contributed by atoms with E-state index in [2.05, 4.69) is 0 Å². The summed E-state index contributed by atoms with van der Waals surface area (Å²) in [6.07, 6.45) is 1.62. The zero-order chi connectivity index (χ0) is 7.56. The second-order valence-electron chi connectivity index (χ2n) is 1.49. The summed E-state index contributed by atoms with van der Waals surface area (Å²) in [5.74, 6) is 0. The average Bonchev–Trinajstić information content (AvgIpc) is 1.88. The zero-order valence-corrected chi connectivity index (χ0v) is 8.48. The van der Waals surface area contributed by atoms with Crippen molar-refractivity contribution >= 4 is 47.4 Å². The van der Waals surface area contributed by atoms with Crippen LogP contribution in [0.3, 0.4) is 0 Å². The van der Waals surface area contributed by atoms with Crippen molar-refractivity contribution in [2.45, 2.75) is 0 Å². The van der Waals surface area contributed by atoms with Gasteiger partial charge in [0.2, 0.25) is 0 Å². The first kappa shape index (κ1) is 8.58. The second-order valence-corrected chi connectivity index (χ2v) is 4.90. The summed E-state index contributed by atoms with van der Waals surface area (Å²) in [6.45, 7) is 0. The van der Waals surface area contributed by atoms with Crippen LogP contribution in [0.5, 0.6) is 0 Å². The summed E-state index contributed by atoms with van der Waals surface area (Å²) >= 11 is 3.57. The van der Waals surface area contributed by atoms with Gasteiger partial charge in [-0.25, -0.2) is 4.21 Å². The Bertz CT molecular complexity index is 256. The molecule has 0 saturated carbocycles. The third kappa shape index (κ3) is 1.98. The van der Waals surface area contributed by atoms with Gasteiger partial charge in [-0.1, -0.05) is 32.3 Å². The molecule has 1 unspecified atom stereocenters. The van der Waals surface area contributed by atoms with Crippen molar-refractivity contribution in [1.82, 2.24) is 0 Å². The quantitative estimate of drug-likeness (QED) is 0.592. The predicted octanol–water partition coefficient (Wildman–Crippen LogP) is 1.96. The molecule has 0 saturated heterocycles. The smallest absolute Gasteiger partial charge is 0.188 e. The normalized spacial score (nSPS) is 20.6. The van der Waals surface area contributed by atoms with Gasteiger partial charge in [-0.3, -0.25) is 0 Å². The van der Waals surface area contributed by atoms with Crippen molar-refractivity contribution in [3.63, 3.8) is 0 Å². The Morgan fingerprint density at radius 3 is 2.80 bits per heavy atom. The molecule has 1 aliphatic heterocycles. The van der Waals surface area contributed by atoms with Crippen molar-refractivity contribution in [1.29, 1.82) is 0 Å². The van der Waals surface area contributed by atoms with Crippen molar-refractivity contribution < 1.29 is 8.76 Å². The van der Waals surface area contributed by atoms with Crippen LogP contribution in [0.25, 0.3) is 0 Å². The van der Waals surface area contributed by atoms with Crippen molar-refractivity contribution in [2.24, 2.45) is 0 Å². The van der Waals surface area contributed by atoms with E-state index >= 15 is 0 Å². The van der Waals surface area contributed by atoms with Crippen LogP contribution in [0.15, 0.2) is 20.1 Å². The summed E-state index contributed by atoms with van der Waals surface area (Å²) in [5, 5.41) is 0.427. The highest BCUT2D eigenvalue weighted by molar-refractivity contribution is 14.2. The molecule has 5 heteroatoms. The van der Waals surface area contributed by atoms with Gasteiger partial charge in [0, 0.05) is 0 Å². The Morgan fingerprint density at radius 2 is 2.40 bits per heavy atom. The van der Waals surface area contributed by atoms with Crippen LogP contribution in [0.1, 0.15) is 0 Å². The maximum Gasteiger partial charge on any atom is 0.188 e. The molecule has 0 aliphatic carbocycles. The minimum absolute atomic E-state index is 0.119. The third-order valence-corrected chi connectivity index (χ3v) is 4.15. The maximum atomic E-state index is 10.5. The predicted molar refractivity (Wildman–Crippen MR) is 52.9 cm³/mol. The molecule has 10 heavy (non-hydrogen) atoms. The highest BCUT2D eigenvalue weighted by Crippen LogP contribution is 2.20. The van der Waals surface area contributed by atoms with E-state index in [4.69, 9.17) is 16.2 Å². The molecule has 0 bridgehead atoms. The Hall–Kier alpha value is 0.480. The maximum absolute atomic E-state index is 10.5. The Labute approximate surface area is 76.0 Å². The molecule has 0 aromatic heterocycles. The number of hydrogen-bond donors (Lipinski definition) is 1. The monoisotopic (exact) mass is 290 g/mol. The van der Waals surface area contributed by atoms with Gasteiger partial charge in [-0.15, -0.1) is 0 Å². The van der Waals surface area contributed by atoms with Crippen molar-refractivity contribution in [2.75, 3.05) is 0 Å².